The lowest BCUT2D eigenvalue weighted by molar-refractivity contribution is -0.390. The van der Waals surface area contributed by atoms with Crippen molar-refractivity contribution in [2.45, 2.75) is 17.4 Å². The number of hydrogen-bond donors (Lipinski definition) is 1. The van der Waals surface area contributed by atoms with E-state index >= 15 is 0 Å². The highest BCUT2D eigenvalue weighted by molar-refractivity contribution is 7.89. The van der Waals surface area contributed by atoms with Crippen molar-refractivity contribution in [3.05, 3.63) is 34.1 Å². The van der Waals surface area contributed by atoms with Crippen molar-refractivity contribution in [3.63, 3.8) is 0 Å². The molecule has 9 heteroatoms. The number of rotatable bonds is 3. The molecule has 0 amide bonds. The maximum absolute atomic E-state index is 13.4. The summed E-state index contributed by atoms with van der Waals surface area (Å²) in [5.74, 6) is -1.20. The van der Waals surface area contributed by atoms with E-state index in [9.17, 15) is 28.0 Å². The molecular formula is C10H11FN2O5S. The fourth-order valence-corrected chi connectivity index (χ4v) is 3.61. The van der Waals surface area contributed by atoms with Crippen LogP contribution in [0.1, 0.15) is 6.42 Å². The van der Waals surface area contributed by atoms with E-state index in [1.165, 1.54) is 0 Å². The quantitative estimate of drug-likeness (QED) is 0.645. The number of benzene rings is 1. The van der Waals surface area contributed by atoms with E-state index < -0.39 is 37.5 Å². The van der Waals surface area contributed by atoms with Crippen LogP contribution in [0.2, 0.25) is 0 Å². The number of aliphatic hydroxyl groups is 1. The number of sulfonamides is 1. The Morgan fingerprint density at radius 1 is 1.47 bits per heavy atom. The lowest BCUT2D eigenvalue weighted by Crippen LogP contribution is -2.30. The molecule has 7 nitrogen and oxygen atoms in total. The number of nitro groups is 1. The summed E-state index contributed by atoms with van der Waals surface area (Å²) in [6.07, 6.45) is -0.551. The van der Waals surface area contributed by atoms with Crippen LogP contribution in [0.15, 0.2) is 23.1 Å². The highest BCUT2D eigenvalue weighted by atomic mass is 32.2. The van der Waals surface area contributed by atoms with Gasteiger partial charge in [0.15, 0.2) is 4.90 Å². The maximum atomic E-state index is 13.4. The minimum atomic E-state index is -4.18. The van der Waals surface area contributed by atoms with Crippen LogP contribution in [-0.4, -0.2) is 41.9 Å². The third kappa shape index (κ3) is 2.44. The van der Waals surface area contributed by atoms with Crippen molar-refractivity contribution >= 4 is 15.7 Å². The van der Waals surface area contributed by atoms with E-state index in [1.807, 2.05) is 0 Å². The molecule has 0 radical (unpaired) electrons. The predicted molar refractivity (Wildman–Crippen MR) is 62.4 cm³/mol. The van der Waals surface area contributed by atoms with Gasteiger partial charge in [-0.15, -0.1) is 0 Å². The average Bonchev–Trinajstić information content (AvgIpc) is 2.75. The summed E-state index contributed by atoms with van der Waals surface area (Å²) >= 11 is 0. The number of nitro benzene ring substituents is 1. The second-order valence-electron chi connectivity index (χ2n) is 4.15. The number of halogens is 1. The van der Waals surface area contributed by atoms with Crippen molar-refractivity contribution in [1.29, 1.82) is 0 Å². The third-order valence-electron chi connectivity index (χ3n) is 2.88. The zero-order valence-corrected chi connectivity index (χ0v) is 10.5. The topological polar surface area (TPSA) is 101 Å². The standard InChI is InChI=1S/C10H11FN2O5S/c11-8-2-1-3-9(10(8)13(15)16)19(17,18)12-5-4-7(14)6-12/h1-3,7,14H,4-6H2/t7-/m0/s1. The van der Waals surface area contributed by atoms with Gasteiger partial charge < -0.3 is 5.11 Å². The van der Waals surface area contributed by atoms with Crippen molar-refractivity contribution in [2.24, 2.45) is 0 Å². The molecule has 1 N–H and O–H groups in total. The molecule has 2 rings (SSSR count). The molecular weight excluding hydrogens is 279 g/mol. The zero-order valence-electron chi connectivity index (χ0n) is 9.69. The molecule has 104 valence electrons. The van der Waals surface area contributed by atoms with E-state index in [4.69, 9.17) is 0 Å². The van der Waals surface area contributed by atoms with E-state index in [1.54, 1.807) is 0 Å². The Morgan fingerprint density at radius 3 is 2.68 bits per heavy atom. The molecule has 0 spiro atoms. The summed E-state index contributed by atoms with van der Waals surface area (Å²) in [6, 6.07) is 2.92. The molecule has 1 aromatic rings. The van der Waals surface area contributed by atoms with Gasteiger partial charge in [0.2, 0.25) is 15.8 Å². The van der Waals surface area contributed by atoms with Crippen molar-refractivity contribution < 1.29 is 22.8 Å². The largest absolute Gasteiger partial charge is 0.392 e. The van der Waals surface area contributed by atoms with E-state index in [0.29, 0.717) is 0 Å². The average molecular weight is 290 g/mol. The van der Waals surface area contributed by atoms with Crippen LogP contribution in [0.5, 0.6) is 0 Å². The third-order valence-corrected chi connectivity index (χ3v) is 4.77. The van der Waals surface area contributed by atoms with Gasteiger partial charge >= 0.3 is 5.69 Å². The van der Waals surface area contributed by atoms with E-state index in [-0.39, 0.29) is 19.5 Å². The maximum Gasteiger partial charge on any atom is 0.324 e. The number of aliphatic hydroxyl groups excluding tert-OH is 1. The molecule has 0 aliphatic carbocycles. The summed E-state index contributed by atoms with van der Waals surface area (Å²) in [5, 5.41) is 20.1. The first-order chi connectivity index (χ1) is 8.84. The van der Waals surface area contributed by atoms with Crippen LogP contribution in [-0.2, 0) is 10.0 Å². The highest BCUT2D eigenvalue weighted by Gasteiger charge is 2.37. The molecule has 0 saturated carbocycles. The fraction of sp³-hybridized carbons (Fsp3) is 0.400. The molecule has 19 heavy (non-hydrogen) atoms. The molecule has 1 aromatic carbocycles. The van der Waals surface area contributed by atoms with E-state index in [2.05, 4.69) is 0 Å². The summed E-state index contributed by atoms with van der Waals surface area (Å²) in [4.78, 5) is 9.05. The van der Waals surface area contributed by atoms with Gasteiger partial charge in [0.1, 0.15) is 0 Å². The lowest BCUT2D eigenvalue weighted by Gasteiger charge is -2.15. The van der Waals surface area contributed by atoms with Gasteiger partial charge in [-0.1, -0.05) is 6.07 Å². The molecule has 1 aliphatic heterocycles. The van der Waals surface area contributed by atoms with Crippen LogP contribution in [0.25, 0.3) is 0 Å². The zero-order chi connectivity index (χ0) is 14.2. The van der Waals surface area contributed by atoms with Gasteiger partial charge in [0.25, 0.3) is 0 Å². The number of β-amino-alcohol motifs (C(OH)–C–C–N with tert-alkyl or cyclic N) is 1. The van der Waals surface area contributed by atoms with Gasteiger partial charge in [0, 0.05) is 13.1 Å². The Kier molecular flexibility index (Phi) is 3.52. The minimum absolute atomic E-state index is 0.0527. The summed E-state index contributed by atoms with van der Waals surface area (Å²) < 4.78 is 38.7. The Morgan fingerprint density at radius 2 is 2.16 bits per heavy atom. The van der Waals surface area contributed by atoms with Crippen LogP contribution in [0, 0.1) is 15.9 Å². The normalized spacial score (nSPS) is 20.6. The molecule has 0 aromatic heterocycles. The van der Waals surface area contributed by atoms with E-state index in [0.717, 1.165) is 22.5 Å². The van der Waals surface area contributed by atoms with Crippen LogP contribution < -0.4 is 0 Å². The van der Waals surface area contributed by atoms with Crippen molar-refractivity contribution in [2.75, 3.05) is 13.1 Å². The minimum Gasteiger partial charge on any atom is -0.392 e. The van der Waals surface area contributed by atoms with Gasteiger partial charge in [-0.05, 0) is 18.6 Å². The van der Waals surface area contributed by atoms with Gasteiger partial charge in [-0.2, -0.15) is 8.70 Å². The van der Waals surface area contributed by atoms with Gasteiger partial charge in [0.05, 0.1) is 11.0 Å². The molecule has 0 bridgehead atoms. The van der Waals surface area contributed by atoms with Gasteiger partial charge in [-0.3, -0.25) is 10.1 Å². The second-order valence-corrected chi connectivity index (χ2v) is 6.06. The fourth-order valence-electron chi connectivity index (χ4n) is 1.95. The second kappa shape index (κ2) is 4.83. The van der Waals surface area contributed by atoms with Crippen LogP contribution in [0.3, 0.4) is 0 Å². The van der Waals surface area contributed by atoms with Crippen molar-refractivity contribution in [1.82, 2.24) is 4.31 Å². The Labute approximate surface area is 108 Å². The molecule has 1 fully saturated rings. The lowest BCUT2D eigenvalue weighted by atomic mass is 10.3. The van der Waals surface area contributed by atoms with Crippen molar-refractivity contribution in [3.8, 4) is 0 Å². The Balaban J connectivity index is 2.52. The summed E-state index contributed by atoms with van der Waals surface area (Å²) in [7, 11) is -4.18. The molecule has 0 unspecified atom stereocenters. The highest BCUT2D eigenvalue weighted by Crippen LogP contribution is 2.30. The van der Waals surface area contributed by atoms with Gasteiger partial charge in [-0.25, -0.2) is 8.42 Å². The smallest absolute Gasteiger partial charge is 0.324 e. The first kappa shape index (κ1) is 13.8. The summed E-state index contributed by atoms with van der Waals surface area (Å²) in [6.45, 7) is -0.0901. The molecule has 1 aliphatic rings. The molecule has 1 heterocycles. The summed E-state index contributed by atoms with van der Waals surface area (Å²) in [5.41, 5.74) is -1.07. The Bertz CT molecular complexity index is 618. The molecule has 1 atom stereocenters. The monoisotopic (exact) mass is 290 g/mol. The number of para-hydroxylation sites is 1. The first-order valence-corrected chi connectivity index (χ1v) is 6.89. The SMILES string of the molecule is O=[N+]([O-])c1c(F)cccc1S(=O)(=O)N1CC[C@H](O)C1. The Hall–Kier alpha value is -1.58. The number of hydrogen-bond acceptors (Lipinski definition) is 5. The van der Waals surface area contributed by atoms with Crippen LogP contribution >= 0.6 is 0 Å². The number of nitrogens with zero attached hydrogens (tertiary/aromatic N) is 2. The first-order valence-electron chi connectivity index (χ1n) is 5.45. The van der Waals surface area contributed by atoms with Crippen LogP contribution in [0.4, 0.5) is 10.1 Å². The molecule has 1 saturated heterocycles. The predicted octanol–water partition coefficient (Wildman–Crippen LogP) is 0.489.